The summed E-state index contributed by atoms with van der Waals surface area (Å²) in [6, 6.07) is 18.6. The number of halogens is 1. The highest BCUT2D eigenvalue weighted by molar-refractivity contribution is 6.37. The van der Waals surface area contributed by atoms with Crippen LogP contribution in [0, 0.1) is 24.6 Å². The van der Waals surface area contributed by atoms with E-state index in [1.54, 1.807) is 24.3 Å². The van der Waals surface area contributed by atoms with E-state index in [9.17, 15) is 23.6 Å². The summed E-state index contributed by atoms with van der Waals surface area (Å²) in [5.41, 5.74) is -0.198. The van der Waals surface area contributed by atoms with Crippen LogP contribution in [0.4, 0.5) is 10.1 Å². The first-order valence-electron chi connectivity index (χ1n) is 10.9. The Morgan fingerprint density at radius 3 is 2.09 bits per heavy atom. The summed E-state index contributed by atoms with van der Waals surface area (Å²) in [6.45, 7) is 1.90. The number of imide groups is 1. The van der Waals surface area contributed by atoms with Gasteiger partial charge in [0.25, 0.3) is 0 Å². The van der Waals surface area contributed by atoms with Crippen molar-refractivity contribution in [2.24, 2.45) is 11.8 Å². The Kier molecular flexibility index (Phi) is 4.25. The minimum absolute atomic E-state index is 0.0533. The second kappa shape index (κ2) is 7.01. The molecule has 0 saturated carbocycles. The monoisotopic (exact) mass is 455 g/mol. The Morgan fingerprint density at radius 1 is 0.824 bits per heavy atom. The fraction of sp³-hybridized carbons (Fsp3) is 0.185. The number of fused-ring (bicyclic) bond motifs is 3. The second-order valence-electron chi connectivity index (χ2n) is 8.88. The van der Waals surface area contributed by atoms with Crippen molar-refractivity contribution in [3.63, 3.8) is 0 Å². The third-order valence-corrected chi connectivity index (χ3v) is 6.99. The van der Waals surface area contributed by atoms with Gasteiger partial charge in [-0.3, -0.25) is 19.2 Å². The van der Waals surface area contributed by atoms with Gasteiger partial charge in [-0.25, -0.2) is 9.29 Å². The van der Waals surface area contributed by atoms with Crippen LogP contribution in [0.3, 0.4) is 0 Å². The van der Waals surface area contributed by atoms with Crippen LogP contribution in [-0.2, 0) is 14.3 Å². The van der Waals surface area contributed by atoms with Crippen molar-refractivity contribution in [1.82, 2.24) is 0 Å². The lowest BCUT2D eigenvalue weighted by atomic mass is 9.77. The quantitative estimate of drug-likeness (QED) is 0.433. The van der Waals surface area contributed by atoms with E-state index in [1.165, 1.54) is 30.3 Å². The van der Waals surface area contributed by atoms with Crippen LogP contribution < -0.4 is 4.90 Å². The van der Waals surface area contributed by atoms with Crippen molar-refractivity contribution in [3.05, 3.63) is 101 Å². The summed E-state index contributed by atoms with van der Waals surface area (Å²) in [5.74, 6) is -5.71. The number of Topliss-reactive ketones (excluding diaryl/α,β-unsaturated/α-hetero) is 2. The van der Waals surface area contributed by atoms with E-state index >= 15 is 0 Å². The van der Waals surface area contributed by atoms with Crippen LogP contribution in [0.1, 0.15) is 37.9 Å². The topological polar surface area (TPSA) is 80.8 Å². The molecule has 2 fully saturated rings. The maximum atomic E-state index is 14.0. The third-order valence-electron chi connectivity index (χ3n) is 6.99. The lowest BCUT2D eigenvalue weighted by Crippen LogP contribution is -2.51. The maximum Gasteiger partial charge on any atom is 0.241 e. The number of amides is 2. The van der Waals surface area contributed by atoms with Crippen molar-refractivity contribution < 1.29 is 28.3 Å². The average molecular weight is 455 g/mol. The lowest BCUT2D eigenvalue weighted by Gasteiger charge is -2.27. The molecule has 3 aromatic rings. The van der Waals surface area contributed by atoms with Gasteiger partial charge in [-0.15, -0.1) is 0 Å². The Bertz CT molecular complexity index is 1380. The van der Waals surface area contributed by atoms with Crippen LogP contribution in [0.25, 0.3) is 0 Å². The first-order chi connectivity index (χ1) is 16.3. The summed E-state index contributed by atoms with van der Waals surface area (Å²) in [5, 5.41) is 0. The molecule has 2 saturated heterocycles. The molecule has 0 aromatic heterocycles. The lowest BCUT2D eigenvalue weighted by molar-refractivity contribution is -0.127. The number of hydrogen-bond acceptors (Lipinski definition) is 5. The zero-order valence-corrected chi connectivity index (χ0v) is 18.0. The fourth-order valence-corrected chi connectivity index (χ4v) is 5.44. The van der Waals surface area contributed by atoms with Gasteiger partial charge in [0.2, 0.25) is 29.0 Å². The van der Waals surface area contributed by atoms with Crippen LogP contribution in [-0.4, -0.2) is 29.0 Å². The molecule has 1 aliphatic carbocycles. The van der Waals surface area contributed by atoms with Gasteiger partial charge < -0.3 is 4.74 Å². The van der Waals surface area contributed by atoms with Crippen molar-refractivity contribution in [1.29, 1.82) is 0 Å². The number of ketones is 2. The molecule has 6 nitrogen and oxygen atoms in total. The van der Waals surface area contributed by atoms with Gasteiger partial charge >= 0.3 is 0 Å². The van der Waals surface area contributed by atoms with E-state index in [1.807, 2.05) is 19.1 Å². The number of carbonyl (C=O) groups excluding carboxylic acids is 4. The maximum absolute atomic E-state index is 14.0. The van der Waals surface area contributed by atoms with Gasteiger partial charge in [0, 0.05) is 11.1 Å². The van der Waals surface area contributed by atoms with Gasteiger partial charge in [0.05, 0.1) is 23.6 Å². The fourth-order valence-electron chi connectivity index (χ4n) is 5.44. The predicted molar refractivity (Wildman–Crippen MR) is 119 cm³/mol. The van der Waals surface area contributed by atoms with Crippen LogP contribution >= 0.6 is 0 Å². The molecule has 3 atom stereocenters. The van der Waals surface area contributed by atoms with E-state index in [-0.39, 0.29) is 16.8 Å². The molecular weight excluding hydrogens is 437 g/mol. The zero-order valence-electron chi connectivity index (χ0n) is 18.0. The van der Waals surface area contributed by atoms with E-state index < -0.39 is 52.7 Å². The molecular formula is C27H18FNO5. The Balaban J connectivity index is 1.55. The average Bonchev–Trinajstić information content (AvgIpc) is 3.40. The molecule has 0 unspecified atom stereocenters. The predicted octanol–water partition coefficient (Wildman–Crippen LogP) is 3.83. The summed E-state index contributed by atoms with van der Waals surface area (Å²) < 4.78 is 20.2. The zero-order chi connectivity index (χ0) is 23.8. The largest absolute Gasteiger partial charge is 0.349 e. The molecule has 2 amide bonds. The summed E-state index contributed by atoms with van der Waals surface area (Å²) in [4.78, 5) is 55.6. The number of carbonyl (C=O) groups is 4. The molecule has 3 aliphatic rings. The smallest absolute Gasteiger partial charge is 0.241 e. The minimum atomic E-state index is -2.14. The number of anilines is 1. The molecule has 0 bridgehead atoms. The van der Waals surface area contributed by atoms with Gasteiger partial charge in [-0.05, 0) is 30.7 Å². The molecule has 34 heavy (non-hydrogen) atoms. The summed E-state index contributed by atoms with van der Waals surface area (Å²) in [6.07, 6.45) is -0.997. The summed E-state index contributed by atoms with van der Waals surface area (Å²) >= 11 is 0. The normalized spacial score (nSPS) is 24.8. The first-order valence-corrected chi connectivity index (χ1v) is 10.9. The molecule has 3 aromatic carbocycles. The van der Waals surface area contributed by atoms with E-state index in [0.29, 0.717) is 5.56 Å². The van der Waals surface area contributed by atoms with E-state index in [4.69, 9.17) is 4.74 Å². The highest BCUT2D eigenvalue weighted by Gasteiger charge is 2.74. The van der Waals surface area contributed by atoms with Crippen molar-refractivity contribution in [2.45, 2.75) is 18.6 Å². The van der Waals surface area contributed by atoms with E-state index in [0.717, 1.165) is 16.5 Å². The molecule has 2 aliphatic heterocycles. The Labute approximate surface area is 193 Å². The second-order valence-corrected chi connectivity index (χ2v) is 8.88. The standard InChI is InChI=1S/C27H18FNO5/c1-14-9-11-15(12-10-14)22-20-21(26(33)29(25(20)32)17-6-4-5-16(28)13-17)27(34-22)23(30)18-7-2-3-8-19(18)24(27)31/h2-13,20-22H,1H3/t20-,21-,22+/m0/s1. The molecule has 0 radical (unpaired) electrons. The van der Waals surface area contributed by atoms with Crippen molar-refractivity contribution >= 4 is 29.1 Å². The highest BCUT2D eigenvalue weighted by atomic mass is 19.1. The Morgan fingerprint density at radius 2 is 1.47 bits per heavy atom. The van der Waals surface area contributed by atoms with Crippen LogP contribution in [0.2, 0.25) is 0 Å². The summed E-state index contributed by atoms with van der Waals surface area (Å²) in [7, 11) is 0. The molecule has 2 heterocycles. The van der Waals surface area contributed by atoms with Gasteiger partial charge in [0.15, 0.2) is 0 Å². The van der Waals surface area contributed by atoms with Crippen molar-refractivity contribution in [2.75, 3.05) is 4.90 Å². The molecule has 7 heteroatoms. The molecule has 168 valence electrons. The van der Waals surface area contributed by atoms with Crippen LogP contribution in [0.15, 0.2) is 72.8 Å². The van der Waals surface area contributed by atoms with Crippen LogP contribution in [0.5, 0.6) is 0 Å². The van der Waals surface area contributed by atoms with Gasteiger partial charge in [-0.2, -0.15) is 0 Å². The van der Waals surface area contributed by atoms with Gasteiger partial charge in [-0.1, -0.05) is 60.2 Å². The van der Waals surface area contributed by atoms with Gasteiger partial charge in [0.1, 0.15) is 5.82 Å². The molecule has 6 rings (SSSR count). The number of rotatable bonds is 2. The first kappa shape index (κ1) is 20.6. The third kappa shape index (κ3) is 2.53. The number of ether oxygens (including phenoxy) is 1. The molecule has 1 spiro atoms. The van der Waals surface area contributed by atoms with Crippen molar-refractivity contribution in [3.8, 4) is 0 Å². The minimum Gasteiger partial charge on any atom is -0.349 e. The number of nitrogens with zero attached hydrogens (tertiary/aromatic N) is 1. The number of aryl methyl sites for hydroxylation is 1. The SMILES string of the molecule is Cc1ccc([C@H]2OC3(C(=O)c4ccccc4C3=O)[C@@H]3C(=O)N(c4cccc(F)c4)C(=O)[C@H]23)cc1. The Hall–Kier alpha value is -3.97. The number of hydrogen-bond donors (Lipinski definition) is 0. The number of benzene rings is 3. The molecule has 0 N–H and O–H groups in total. The highest BCUT2D eigenvalue weighted by Crippen LogP contribution is 2.57. The van der Waals surface area contributed by atoms with E-state index in [2.05, 4.69) is 0 Å².